The van der Waals surface area contributed by atoms with Crippen LogP contribution >= 0.6 is 15.9 Å². The molecule has 0 radical (unpaired) electrons. The minimum Gasteiger partial charge on any atom is -0.507 e. The van der Waals surface area contributed by atoms with Crippen molar-refractivity contribution in [3.63, 3.8) is 0 Å². The molecule has 0 spiro atoms. The van der Waals surface area contributed by atoms with Gasteiger partial charge >= 0.3 is 5.97 Å². The standard InChI is InChI=1S/C29H26BrNO6/c1-4-37-29(35)19-10-8-18(9-11-19)16-31-25(20-7-5-6-17(2)14-20)24(27(33)28(31)34)26(32)21-12-13-23(36-3)22(30)15-21/h5-15,25,32H,4,16H2,1-3H3/b26-24-. The zero-order chi connectivity index (χ0) is 26.7. The third kappa shape index (κ3) is 5.29. The molecule has 3 aromatic carbocycles. The average Bonchev–Trinajstić information content (AvgIpc) is 3.13. The molecule has 7 nitrogen and oxygen atoms in total. The molecule has 1 N–H and O–H groups in total. The fourth-order valence-corrected chi connectivity index (χ4v) is 4.90. The van der Waals surface area contributed by atoms with Crippen LogP contribution in [0.1, 0.15) is 45.6 Å². The Balaban J connectivity index is 1.78. The van der Waals surface area contributed by atoms with E-state index in [9.17, 15) is 19.5 Å². The zero-order valence-corrected chi connectivity index (χ0v) is 22.2. The number of aryl methyl sites for hydroxylation is 1. The minimum atomic E-state index is -0.800. The van der Waals surface area contributed by atoms with Crippen molar-refractivity contribution in [1.82, 2.24) is 4.90 Å². The van der Waals surface area contributed by atoms with E-state index in [4.69, 9.17) is 9.47 Å². The van der Waals surface area contributed by atoms with Crippen LogP contribution in [0.25, 0.3) is 5.76 Å². The summed E-state index contributed by atoms with van der Waals surface area (Å²) in [5, 5.41) is 11.3. The van der Waals surface area contributed by atoms with Crippen molar-refractivity contribution in [1.29, 1.82) is 0 Å². The lowest BCUT2D eigenvalue weighted by molar-refractivity contribution is -0.140. The van der Waals surface area contributed by atoms with Crippen LogP contribution in [0.2, 0.25) is 0 Å². The molecule has 190 valence electrons. The van der Waals surface area contributed by atoms with Crippen LogP contribution in [0.15, 0.2) is 76.8 Å². The molecule has 3 aromatic rings. The van der Waals surface area contributed by atoms with Crippen LogP contribution in [-0.4, -0.2) is 41.4 Å². The minimum absolute atomic E-state index is 0.0100. The monoisotopic (exact) mass is 563 g/mol. The number of ketones is 1. The highest BCUT2D eigenvalue weighted by Gasteiger charge is 2.46. The van der Waals surface area contributed by atoms with Crippen LogP contribution in [0.3, 0.4) is 0 Å². The van der Waals surface area contributed by atoms with E-state index >= 15 is 0 Å². The number of ether oxygens (including phenoxy) is 2. The molecule has 1 aliphatic rings. The Morgan fingerprint density at radius 1 is 1.03 bits per heavy atom. The van der Waals surface area contributed by atoms with Gasteiger partial charge in [-0.15, -0.1) is 0 Å². The van der Waals surface area contributed by atoms with E-state index in [1.165, 1.54) is 12.0 Å². The third-order valence-corrected chi connectivity index (χ3v) is 6.76. The summed E-state index contributed by atoms with van der Waals surface area (Å²) in [4.78, 5) is 40.0. The average molecular weight is 564 g/mol. The maximum Gasteiger partial charge on any atom is 0.338 e. The normalized spacial score (nSPS) is 16.6. The molecule has 0 aliphatic carbocycles. The van der Waals surface area contributed by atoms with Gasteiger partial charge in [0.15, 0.2) is 0 Å². The van der Waals surface area contributed by atoms with Crippen molar-refractivity contribution in [2.45, 2.75) is 26.4 Å². The van der Waals surface area contributed by atoms with Gasteiger partial charge in [0.1, 0.15) is 11.5 Å². The second-order valence-electron chi connectivity index (χ2n) is 8.61. The molecule has 1 fully saturated rings. The van der Waals surface area contributed by atoms with E-state index in [0.717, 1.165) is 11.1 Å². The highest BCUT2D eigenvalue weighted by atomic mass is 79.9. The molecule has 0 bridgehead atoms. The maximum atomic E-state index is 13.3. The number of likely N-dealkylation sites (tertiary alicyclic amines) is 1. The van der Waals surface area contributed by atoms with Gasteiger partial charge in [-0.25, -0.2) is 4.79 Å². The lowest BCUT2D eigenvalue weighted by Crippen LogP contribution is -2.29. The van der Waals surface area contributed by atoms with Crippen molar-refractivity contribution in [3.05, 3.63) is 105 Å². The molecule has 4 rings (SSSR count). The number of halogens is 1. The largest absolute Gasteiger partial charge is 0.507 e. The number of rotatable bonds is 7. The van der Waals surface area contributed by atoms with Gasteiger partial charge in [-0.2, -0.15) is 0 Å². The summed E-state index contributed by atoms with van der Waals surface area (Å²) in [6, 6.07) is 18.3. The first-order chi connectivity index (χ1) is 17.7. The van der Waals surface area contributed by atoms with E-state index < -0.39 is 23.7 Å². The second-order valence-corrected chi connectivity index (χ2v) is 9.46. The van der Waals surface area contributed by atoms with Gasteiger partial charge < -0.3 is 19.5 Å². The molecule has 1 aliphatic heterocycles. The predicted octanol–water partition coefficient (Wildman–Crippen LogP) is 5.56. The Morgan fingerprint density at radius 2 is 1.73 bits per heavy atom. The van der Waals surface area contributed by atoms with E-state index in [2.05, 4.69) is 15.9 Å². The van der Waals surface area contributed by atoms with Gasteiger partial charge in [0, 0.05) is 12.1 Å². The molecule has 1 saturated heterocycles. The summed E-state index contributed by atoms with van der Waals surface area (Å²) in [7, 11) is 1.53. The first-order valence-corrected chi connectivity index (χ1v) is 12.5. The number of nitrogens with zero attached hydrogens (tertiary/aromatic N) is 1. The Hall–Kier alpha value is -3.91. The number of Topliss-reactive ketones (excluding diaryl/α,β-unsaturated/α-hetero) is 1. The van der Waals surface area contributed by atoms with Gasteiger partial charge in [-0.3, -0.25) is 9.59 Å². The molecular formula is C29H26BrNO6. The van der Waals surface area contributed by atoms with Crippen molar-refractivity contribution in [3.8, 4) is 5.75 Å². The van der Waals surface area contributed by atoms with Gasteiger partial charge in [0.2, 0.25) is 0 Å². The number of aliphatic hydroxyl groups excluding tert-OH is 1. The molecule has 1 atom stereocenters. The Kier molecular flexibility index (Phi) is 7.78. The lowest BCUT2D eigenvalue weighted by Gasteiger charge is -2.26. The molecule has 0 saturated carbocycles. The van der Waals surface area contributed by atoms with Gasteiger partial charge in [-0.1, -0.05) is 42.0 Å². The van der Waals surface area contributed by atoms with E-state index in [0.29, 0.717) is 26.9 Å². The highest BCUT2D eigenvalue weighted by molar-refractivity contribution is 9.10. The number of aliphatic hydroxyl groups is 1. The summed E-state index contributed by atoms with van der Waals surface area (Å²) in [6.07, 6.45) is 0. The number of benzene rings is 3. The van der Waals surface area contributed by atoms with Gasteiger partial charge in [0.25, 0.3) is 11.7 Å². The molecule has 37 heavy (non-hydrogen) atoms. The van der Waals surface area contributed by atoms with Crippen LogP contribution in [0.5, 0.6) is 5.75 Å². The number of carbonyl (C=O) groups excluding carboxylic acids is 3. The molecule has 8 heteroatoms. The van der Waals surface area contributed by atoms with Crippen LogP contribution in [-0.2, 0) is 20.9 Å². The Bertz CT molecular complexity index is 1400. The van der Waals surface area contributed by atoms with Gasteiger partial charge in [-0.05, 0) is 71.2 Å². The quantitative estimate of drug-likeness (QED) is 0.175. The number of hydrogen-bond donors (Lipinski definition) is 1. The van der Waals surface area contributed by atoms with Crippen LogP contribution < -0.4 is 4.74 Å². The fourth-order valence-electron chi connectivity index (χ4n) is 4.36. The Labute approximate surface area is 223 Å². The number of hydrogen-bond acceptors (Lipinski definition) is 6. The van der Waals surface area contributed by atoms with Gasteiger partial charge in [0.05, 0.1) is 35.4 Å². The van der Waals surface area contributed by atoms with E-state index in [-0.39, 0.29) is 24.5 Å². The maximum absolute atomic E-state index is 13.3. The van der Waals surface area contributed by atoms with Crippen molar-refractivity contribution >= 4 is 39.3 Å². The number of methoxy groups -OCH3 is 1. The number of amides is 1. The van der Waals surface area contributed by atoms with Crippen molar-refractivity contribution in [2.24, 2.45) is 0 Å². The van der Waals surface area contributed by atoms with E-state index in [1.807, 2.05) is 31.2 Å². The third-order valence-electron chi connectivity index (χ3n) is 6.14. The number of esters is 1. The van der Waals surface area contributed by atoms with Crippen molar-refractivity contribution in [2.75, 3.05) is 13.7 Å². The Morgan fingerprint density at radius 3 is 2.35 bits per heavy atom. The summed E-state index contributed by atoms with van der Waals surface area (Å²) < 4.78 is 10.9. The highest BCUT2D eigenvalue weighted by Crippen LogP contribution is 2.41. The first kappa shape index (κ1) is 26.2. The molecule has 0 aromatic heterocycles. The predicted molar refractivity (Wildman–Crippen MR) is 142 cm³/mol. The first-order valence-electron chi connectivity index (χ1n) is 11.7. The summed E-state index contributed by atoms with van der Waals surface area (Å²) >= 11 is 3.41. The van der Waals surface area contributed by atoms with E-state index in [1.54, 1.807) is 49.4 Å². The molecular weight excluding hydrogens is 538 g/mol. The second kappa shape index (κ2) is 11.0. The smallest absolute Gasteiger partial charge is 0.338 e. The van der Waals surface area contributed by atoms with Crippen LogP contribution in [0.4, 0.5) is 0 Å². The lowest BCUT2D eigenvalue weighted by atomic mass is 9.94. The van der Waals surface area contributed by atoms with Crippen molar-refractivity contribution < 1.29 is 29.0 Å². The summed E-state index contributed by atoms with van der Waals surface area (Å²) in [5.41, 5.74) is 3.16. The summed E-state index contributed by atoms with van der Waals surface area (Å²) in [5.74, 6) is -1.61. The number of carbonyl (C=O) groups is 3. The fraction of sp³-hybridized carbons (Fsp3) is 0.207. The topological polar surface area (TPSA) is 93.1 Å². The molecule has 1 unspecified atom stereocenters. The molecule has 1 heterocycles. The zero-order valence-electron chi connectivity index (χ0n) is 20.7. The molecule has 1 amide bonds. The summed E-state index contributed by atoms with van der Waals surface area (Å²) in [6.45, 7) is 4.03. The SMILES string of the molecule is CCOC(=O)c1ccc(CN2C(=O)C(=O)/C(=C(\O)c3ccc(OC)c(Br)c3)C2c2cccc(C)c2)cc1. The van der Waals surface area contributed by atoms with Crippen LogP contribution in [0, 0.1) is 6.92 Å².